The zero-order valence-electron chi connectivity index (χ0n) is 15.6. The van der Waals surface area contributed by atoms with Gasteiger partial charge in [-0.1, -0.05) is 0 Å². The lowest BCUT2D eigenvalue weighted by Gasteiger charge is -2.08. The van der Waals surface area contributed by atoms with E-state index in [4.69, 9.17) is 14.2 Å². The summed E-state index contributed by atoms with van der Waals surface area (Å²) in [5.74, 6) is -0.226. The number of methoxy groups -OCH3 is 2. The smallest absolute Gasteiger partial charge is 0.413 e. The number of aromatic nitrogens is 1. The molecule has 0 aliphatic rings. The lowest BCUT2D eigenvalue weighted by molar-refractivity contribution is -0.147. The number of rotatable bonds is 8. The first-order chi connectivity index (χ1) is 13.5. The number of alkyl carbamates (subject to hydrolysis) is 1. The number of ether oxygens (including phenoxy) is 4. The number of carbonyl (C=O) groups is 3. The van der Waals surface area contributed by atoms with E-state index in [1.54, 1.807) is 38.7 Å². The Hall–Kier alpha value is -3.14. The maximum absolute atomic E-state index is 11.9. The van der Waals surface area contributed by atoms with Gasteiger partial charge in [0.25, 0.3) is 5.91 Å². The van der Waals surface area contributed by atoms with Crippen molar-refractivity contribution >= 4 is 29.3 Å². The van der Waals surface area contributed by atoms with Crippen LogP contribution in [-0.4, -0.2) is 50.4 Å². The van der Waals surface area contributed by atoms with Gasteiger partial charge in [-0.2, -0.15) is 0 Å². The predicted molar refractivity (Wildman–Crippen MR) is 100 cm³/mol. The molecule has 2 rings (SSSR count). The molecule has 1 N–H and O–H groups in total. The van der Waals surface area contributed by atoms with Crippen LogP contribution in [0, 0.1) is 0 Å². The van der Waals surface area contributed by atoms with Crippen molar-refractivity contribution in [3.05, 3.63) is 29.3 Å². The molecule has 0 unspecified atom stereocenters. The second kappa shape index (κ2) is 10.3. The van der Waals surface area contributed by atoms with Crippen molar-refractivity contribution in [2.45, 2.75) is 13.3 Å². The molecule has 1 aromatic carbocycles. The molecule has 2 amide bonds. The molecule has 9 nitrogen and oxygen atoms in total. The molecule has 150 valence electrons. The zero-order chi connectivity index (χ0) is 20.5. The summed E-state index contributed by atoms with van der Waals surface area (Å²) in [6.45, 7) is 1.16. The highest BCUT2D eigenvalue weighted by Gasteiger charge is 2.14. The molecule has 0 atom stereocenters. The second-order valence-electron chi connectivity index (χ2n) is 5.32. The Morgan fingerprint density at radius 3 is 2.54 bits per heavy atom. The van der Waals surface area contributed by atoms with Gasteiger partial charge >= 0.3 is 12.1 Å². The van der Waals surface area contributed by atoms with Crippen LogP contribution in [0.1, 0.15) is 12.6 Å². The highest BCUT2D eigenvalue weighted by molar-refractivity contribution is 7.13. The van der Waals surface area contributed by atoms with Crippen molar-refractivity contribution in [2.24, 2.45) is 0 Å². The largest absolute Gasteiger partial charge is 0.493 e. The summed E-state index contributed by atoms with van der Waals surface area (Å²) in [5.41, 5.74) is 1.32. The van der Waals surface area contributed by atoms with E-state index < -0.39 is 24.6 Å². The fraction of sp³-hybridized carbons (Fsp3) is 0.333. The van der Waals surface area contributed by atoms with Crippen LogP contribution < -0.4 is 14.8 Å². The number of hydrogen-bond donors (Lipinski definition) is 1. The number of thiazole rings is 1. The SMILES string of the molecule is CCOC(=O)NC(=O)COC(=O)Cc1csc(-c2ccc(OC)c(OC)c2)n1. The maximum Gasteiger partial charge on any atom is 0.413 e. The normalized spacial score (nSPS) is 10.1. The van der Waals surface area contributed by atoms with Gasteiger partial charge < -0.3 is 18.9 Å². The van der Waals surface area contributed by atoms with Gasteiger partial charge in [-0.15, -0.1) is 11.3 Å². The highest BCUT2D eigenvalue weighted by Crippen LogP contribution is 2.33. The van der Waals surface area contributed by atoms with Gasteiger partial charge in [0.15, 0.2) is 18.1 Å². The quantitative estimate of drug-likeness (QED) is 0.662. The van der Waals surface area contributed by atoms with Gasteiger partial charge in [-0.3, -0.25) is 14.9 Å². The first-order valence-electron chi connectivity index (χ1n) is 8.25. The van der Waals surface area contributed by atoms with Crippen LogP contribution in [0.5, 0.6) is 11.5 Å². The Morgan fingerprint density at radius 1 is 1.11 bits per heavy atom. The van der Waals surface area contributed by atoms with E-state index in [1.807, 2.05) is 11.4 Å². The lowest BCUT2D eigenvalue weighted by atomic mass is 10.2. The first kappa shape index (κ1) is 21.2. The number of nitrogens with zero attached hydrogens (tertiary/aromatic N) is 1. The molecule has 2 aromatic rings. The molecule has 0 saturated carbocycles. The van der Waals surface area contributed by atoms with Gasteiger partial charge in [-0.25, -0.2) is 9.78 Å². The summed E-state index contributed by atoms with van der Waals surface area (Å²) in [6.07, 6.45) is -0.987. The van der Waals surface area contributed by atoms with Crippen LogP contribution in [0.4, 0.5) is 4.79 Å². The van der Waals surface area contributed by atoms with Gasteiger partial charge in [0.1, 0.15) is 5.01 Å². The minimum Gasteiger partial charge on any atom is -0.493 e. The van der Waals surface area contributed by atoms with Crippen molar-refractivity contribution in [1.82, 2.24) is 10.3 Å². The van der Waals surface area contributed by atoms with E-state index >= 15 is 0 Å². The van der Waals surface area contributed by atoms with Gasteiger partial charge in [-0.05, 0) is 25.1 Å². The molecular formula is C18H20N2O7S. The zero-order valence-corrected chi connectivity index (χ0v) is 16.5. The fourth-order valence-corrected chi connectivity index (χ4v) is 2.97. The summed E-state index contributed by atoms with van der Waals surface area (Å²) in [5, 5.41) is 4.36. The summed E-state index contributed by atoms with van der Waals surface area (Å²) >= 11 is 1.36. The Bertz CT molecular complexity index is 850. The molecule has 1 heterocycles. The predicted octanol–water partition coefficient (Wildman–Crippen LogP) is 2.19. The van der Waals surface area contributed by atoms with Crippen molar-refractivity contribution < 1.29 is 33.3 Å². The average Bonchev–Trinajstić information content (AvgIpc) is 3.14. The van der Waals surface area contributed by atoms with Crippen LogP contribution in [-0.2, 0) is 25.5 Å². The van der Waals surface area contributed by atoms with Gasteiger partial charge in [0.05, 0.1) is 32.9 Å². The molecule has 0 saturated heterocycles. The summed E-state index contributed by atoms with van der Waals surface area (Å²) < 4.78 is 19.9. The fourth-order valence-electron chi connectivity index (χ4n) is 2.15. The van der Waals surface area contributed by atoms with E-state index in [-0.39, 0.29) is 13.0 Å². The summed E-state index contributed by atoms with van der Waals surface area (Å²) in [7, 11) is 3.10. The van der Waals surface area contributed by atoms with Crippen molar-refractivity contribution in [1.29, 1.82) is 0 Å². The minimum absolute atomic E-state index is 0.101. The number of nitrogens with one attached hydrogen (secondary N) is 1. The van der Waals surface area contributed by atoms with Crippen molar-refractivity contribution in [2.75, 3.05) is 27.4 Å². The molecule has 0 bridgehead atoms. The molecule has 0 aliphatic heterocycles. The third kappa shape index (κ3) is 5.95. The highest BCUT2D eigenvalue weighted by atomic mass is 32.1. The van der Waals surface area contributed by atoms with E-state index in [1.165, 1.54) is 11.3 Å². The van der Waals surface area contributed by atoms with E-state index in [0.29, 0.717) is 22.2 Å². The summed E-state index contributed by atoms with van der Waals surface area (Å²) in [4.78, 5) is 38.8. The molecule has 0 radical (unpaired) electrons. The summed E-state index contributed by atoms with van der Waals surface area (Å²) in [6, 6.07) is 5.40. The lowest BCUT2D eigenvalue weighted by Crippen LogP contribution is -2.34. The Morgan fingerprint density at radius 2 is 1.86 bits per heavy atom. The first-order valence-corrected chi connectivity index (χ1v) is 9.13. The number of amides is 2. The van der Waals surface area contributed by atoms with Crippen LogP contribution in [0.2, 0.25) is 0 Å². The Balaban J connectivity index is 1.91. The van der Waals surface area contributed by atoms with Crippen LogP contribution >= 0.6 is 11.3 Å². The number of esters is 1. The number of imide groups is 1. The molecule has 1 aromatic heterocycles. The van der Waals surface area contributed by atoms with Crippen molar-refractivity contribution in [3.8, 4) is 22.1 Å². The van der Waals surface area contributed by atoms with E-state index in [2.05, 4.69) is 9.72 Å². The third-order valence-corrected chi connectivity index (χ3v) is 4.33. The van der Waals surface area contributed by atoms with E-state index in [0.717, 1.165) is 5.56 Å². The topological polar surface area (TPSA) is 113 Å². The van der Waals surface area contributed by atoms with Gasteiger partial charge in [0, 0.05) is 10.9 Å². The minimum atomic E-state index is -0.886. The molecule has 28 heavy (non-hydrogen) atoms. The third-order valence-electron chi connectivity index (χ3n) is 3.39. The molecule has 0 fully saturated rings. The molecule has 0 aliphatic carbocycles. The van der Waals surface area contributed by atoms with Crippen LogP contribution in [0.15, 0.2) is 23.6 Å². The van der Waals surface area contributed by atoms with Crippen molar-refractivity contribution in [3.63, 3.8) is 0 Å². The Kier molecular flexibility index (Phi) is 7.76. The van der Waals surface area contributed by atoms with Crippen LogP contribution in [0.3, 0.4) is 0 Å². The standard InChI is InChI=1S/C18H20N2O7S/c1-4-26-18(23)20-15(21)9-27-16(22)8-12-10-28-17(19-12)11-5-6-13(24-2)14(7-11)25-3/h5-7,10H,4,8-9H2,1-3H3,(H,20,21,23). The average molecular weight is 408 g/mol. The second-order valence-corrected chi connectivity index (χ2v) is 6.18. The molecule has 10 heteroatoms. The maximum atomic E-state index is 11.9. The molecular weight excluding hydrogens is 388 g/mol. The van der Waals surface area contributed by atoms with Crippen LogP contribution in [0.25, 0.3) is 10.6 Å². The van der Waals surface area contributed by atoms with E-state index in [9.17, 15) is 14.4 Å². The monoisotopic (exact) mass is 408 g/mol. The van der Waals surface area contributed by atoms with Gasteiger partial charge in [0.2, 0.25) is 0 Å². The molecule has 0 spiro atoms. The number of carbonyl (C=O) groups excluding carboxylic acids is 3. The number of hydrogen-bond acceptors (Lipinski definition) is 9. The Labute approximate surface area is 165 Å². The number of benzene rings is 1.